The minimum absolute atomic E-state index is 0.177. The summed E-state index contributed by atoms with van der Waals surface area (Å²) in [5, 5.41) is 3.12. The van der Waals surface area contributed by atoms with Crippen molar-refractivity contribution < 1.29 is 9.53 Å². The topological polar surface area (TPSA) is 44.8 Å². The van der Waals surface area contributed by atoms with E-state index in [2.05, 4.69) is 39.1 Å². The monoisotopic (exact) mass is 409 g/mol. The molecule has 5 nitrogen and oxygen atoms in total. The zero-order valence-corrected chi connectivity index (χ0v) is 18.0. The van der Waals surface area contributed by atoms with Crippen molar-refractivity contribution in [1.29, 1.82) is 0 Å². The summed E-state index contributed by atoms with van der Waals surface area (Å²) >= 11 is 0. The fourth-order valence-electron chi connectivity index (χ4n) is 4.91. The summed E-state index contributed by atoms with van der Waals surface area (Å²) in [6, 6.07) is 10.9. The Kier molecular flexibility index (Phi) is 7.80. The fraction of sp³-hybridized carbons (Fsp3) is 0.640. The van der Waals surface area contributed by atoms with Crippen molar-refractivity contribution >= 4 is 5.91 Å². The average molecular weight is 410 g/mol. The van der Waals surface area contributed by atoms with Gasteiger partial charge in [0, 0.05) is 43.8 Å². The molecule has 4 rings (SSSR count). The van der Waals surface area contributed by atoms with Crippen LogP contribution in [0.3, 0.4) is 0 Å². The van der Waals surface area contributed by atoms with Gasteiger partial charge in [0.05, 0.1) is 12.6 Å². The molecule has 3 fully saturated rings. The number of likely N-dealkylation sites (tertiary alicyclic amines) is 2. The highest BCUT2D eigenvalue weighted by molar-refractivity contribution is 5.78. The molecule has 1 atom stereocenters. The lowest BCUT2D eigenvalue weighted by molar-refractivity contribution is -0.127. The Morgan fingerprint density at radius 2 is 1.80 bits per heavy atom. The van der Waals surface area contributed by atoms with Gasteiger partial charge in [0.2, 0.25) is 5.91 Å². The third-order valence-corrected chi connectivity index (χ3v) is 6.81. The Bertz CT molecular complexity index is 720. The Balaban J connectivity index is 1.13. The van der Waals surface area contributed by atoms with Gasteiger partial charge in [-0.2, -0.15) is 0 Å². The van der Waals surface area contributed by atoms with Crippen molar-refractivity contribution in [3.05, 3.63) is 35.9 Å². The summed E-state index contributed by atoms with van der Waals surface area (Å²) in [5.41, 5.74) is 1.09. The summed E-state index contributed by atoms with van der Waals surface area (Å²) in [6.45, 7) is 6.73. The molecular formula is C25H35N3O2. The molecule has 0 bridgehead atoms. The Morgan fingerprint density at radius 1 is 1.03 bits per heavy atom. The van der Waals surface area contributed by atoms with Gasteiger partial charge >= 0.3 is 0 Å². The summed E-state index contributed by atoms with van der Waals surface area (Å²) in [7, 11) is 0. The number of carbonyl (C=O) groups excluding carboxylic acids is 1. The first-order chi connectivity index (χ1) is 14.8. The summed E-state index contributed by atoms with van der Waals surface area (Å²) in [5.74, 6) is 7.00. The van der Waals surface area contributed by atoms with Gasteiger partial charge < -0.3 is 15.0 Å². The number of hydrogen-bond donors (Lipinski definition) is 1. The van der Waals surface area contributed by atoms with E-state index in [-0.39, 0.29) is 17.9 Å². The Morgan fingerprint density at radius 3 is 2.50 bits per heavy atom. The highest BCUT2D eigenvalue weighted by Gasteiger charge is 2.30. The first-order valence-corrected chi connectivity index (χ1v) is 11.7. The van der Waals surface area contributed by atoms with Gasteiger partial charge in [0.15, 0.2) is 0 Å². The van der Waals surface area contributed by atoms with E-state index in [1.807, 2.05) is 18.2 Å². The van der Waals surface area contributed by atoms with Gasteiger partial charge in [-0.1, -0.05) is 30.0 Å². The number of carbonyl (C=O) groups is 1. The van der Waals surface area contributed by atoms with Crippen LogP contribution in [0.15, 0.2) is 30.3 Å². The largest absolute Gasteiger partial charge is 0.376 e. The first-order valence-electron chi connectivity index (χ1n) is 11.7. The molecule has 5 heteroatoms. The number of amides is 1. The third-order valence-electron chi connectivity index (χ3n) is 6.81. The molecule has 0 spiro atoms. The van der Waals surface area contributed by atoms with Crippen LogP contribution in [-0.4, -0.2) is 73.7 Å². The Hall–Kier alpha value is -1.87. The normalized spacial score (nSPS) is 24.3. The van der Waals surface area contributed by atoms with E-state index in [0.717, 1.165) is 70.6 Å². The molecule has 0 aliphatic carbocycles. The summed E-state index contributed by atoms with van der Waals surface area (Å²) < 4.78 is 5.61. The van der Waals surface area contributed by atoms with Crippen molar-refractivity contribution in [3.63, 3.8) is 0 Å². The molecule has 1 aromatic carbocycles. The van der Waals surface area contributed by atoms with E-state index >= 15 is 0 Å². The van der Waals surface area contributed by atoms with Gasteiger partial charge in [0.1, 0.15) is 0 Å². The number of benzene rings is 1. The van der Waals surface area contributed by atoms with Gasteiger partial charge in [-0.25, -0.2) is 0 Å². The number of piperidine rings is 2. The molecule has 1 aromatic rings. The molecule has 0 saturated carbocycles. The highest BCUT2D eigenvalue weighted by Crippen LogP contribution is 2.24. The van der Waals surface area contributed by atoms with Crippen molar-refractivity contribution in [2.24, 2.45) is 5.92 Å². The second-order valence-electron chi connectivity index (χ2n) is 8.87. The Labute approximate surface area is 181 Å². The molecule has 0 radical (unpaired) electrons. The van der Waals surface area contributed by atoms with Gasteiger partial charge in [-0.05, 0) is 63.7 Å². The van der Waals surface area contributed by atoms with E-state index in [0.29, 0.717) is 12.6 Å². The fourth-order valence-corrected chi connectivity index (χ4v) is 4.91. The van der Waals surface area contributed by atoms with Gasteiger partial charge in [-0.3, -0.25) is 9.69 Å². The summed E-state index contributed by atoms with van der Waals surface area (Å²) in [4.78, 5) is 17.6. The zero-order valence-electron chi connectivity index (χ0n) is 18.0. The van der Waals surface area contributed by atoms with Crippen LogP contribution in [0.2, 0.25) is 0 Å². The number of hydrogen-bond acceptors (Lipinski definition) is 4. The second kappa shape index (κ2) is 10.9. The van der Waals surface area contributed by atoms with E-state index in [1.54, 1.807) is 0 Å². The predicted octanol–water partition coefficient (Wildman–Crippen LogP) is 2.51. The van der Waals surface area contributed by atoms with Crippen molar-refractivity contribution in [1.82, 2.24) is 15.1 Å². The lowest BCUT2D eigenvalue weighted by Gasteiger charge is -2.41. The van der Waals surface area contributed by atoms with Crippen molar-refractivity contribution in [3.8, 4) is 11.8 Å². The van der Waals surface area contributed by atoms with Crippen LogP contribution in [-0.2, 0) is 9.53 Å². The van der Waals surface area contributed by atoms with Crippen LogP contribution < -0.4 is 5.32 Å². The van der Waals surface area contributed by atoms with E-state index in [1.165, 1.54) is 12.8 Å². The SMILES string of the molecule is O=C(NC[C@@H]1CCCO1)C1CCN(C2CCN(CC#Cc3ccccc3)CC2)CC1. The standard InChI is InChI=1S/C25H35N3O2/c29-25(26-20-24-9-5-19-30-24)22-10-17-28(18-11-22)23-12-15-27(16-13-23)14-4-8-21-6-2-1-3-7-21/h1-3,6-7,22-24H,5,9-20H2,(H,26,29)/t24-/m0/s1. The molecule has 0 aromatic heterocycles. The lowest BCUT2D eigenvalue weighted by Crippen LogP contribution is -2.49. The molecule has 3 aliphatic heterocycles. The van der Waals surface area contributed by atoms with E-state index in [4.69, 9.17) is 4.74 Å². The van der Waals surface area contributed by atoms with Crippen LogP contribution in [0.5, 0.6) is 0 Å². The minimum Gasteiger partial charge on any atom is -0.376 e. The molecule has 3 aliphatic rings. The minimum atomic E-state index is 0.177. The van der Waals surface area contributed by atoms with Crippen LogP contribution in [0, 0.1) is 17.8 Å². The molecule has 162 valence electrons. The predicted molar refractivity (Wildman–Crippen MR) is 119 cm³/mol. The zero-order chi connectivity index (χ0) is 20.6. The molecule has 3 saturated heterocycles. The smallest absolute Gasteiger partial charge is 0.223 e. The van der Waals surface area contributed by atoms with Crippen LogP contribution in [0.4, 0.5) is 0 Å². The number of ether oxygens (including phenoxy) is 1. The maximum atomic E-state index is 12.5. The highest BCUT2D eigenvalue weighted by atomic mass is 16.5. The van der Waals surface area contributed by atoms with Crippen LogP contribution in [0.1, 0.15) is 44.1 Å². The molecule has 0 unspecified atom stereocenters. The summed E-state index contributed by atoms with van der Waals surface area (Å²) in [6.07, 6.45) is 6.83. The molecule has 30 heavy (non-hydrogen) atoms. The maximum absolute atomic E-state index is 12.5. The lowest BCUT2D eigenvalue weighted by atomic mass is 9.92. The number of nitrogens with zero attached hydrogens (tertiary/aromatic N) is 2. The number of nitrogens with one attached hydrogen (secondary N) is 1. The molecule has 3 heterocycles. The molecule has 1 amide bonds. The van der Waals surface area contributed by atoms with Gasteiger partial charge in [0.25, 0.3) is 0 Å². The first kappa shape index (κ1) is 21.4. The van der Waals surface area contributed by atoms with E-state index < -0.39 is 0 Å². The van der Waals surface area contributed by atoms with Gasteiger partial charge in [-0.15, -0.1) is 0 Å². The van der Waals surface area contributed by atoms with Crippen molar-refractivity contribution in [2.45, 2.75) is 50.7 Å². The second-order valence-corrected chi connectivity index (χ2v) is 8.87. The van der Waals surface area contributed by atoms with Crippen LogP contribution >= 0.6 is 0 Å². The van der Waals surface area contributed by atoms with Crippen LogP contribution in [0.25, 0.3) is 0 Å². The average Bonchev–Trinajstić information content (AvgIpc) is 3.33. The van der Waals surface area contributed by atoms with E-state index in [9.17, 15) is 4.79 Å². The third kappa shape index (κ3) is 6.07. The van der Waals surface area contributed by atoms with Crippen molar-refractivity contribution in [2.75, 3.05) is 45.9 Å². The molecular weight excluding hydrogens is 374 g/mol. The quantitative estimate of drug-likeness (QED) is 0.759. The molecule has 1 N–H and O–H groups in total. The maximum Gasteiger partial charge on any atom is 0.223 e. The number of rotatable bonds is 5.